The van der Waals surface area contributed by atoms with Gasteiger partial charge in [0.2, 0.25) is 5.91 Å². The van der Waals surface area contributed by atoms with E-state index in [0.29, 0.717) is 0 Å². The van der Waals surface area contributed by atoms with Gasteiger partial charge in [-0.2, -0.15) is 5.10 Å². The van der Waals surface area contributed by atoms with Crippen LogP contribution in [-0.2, 0) is 16.8 Å². The van der Waals surface area contributed by atoms with Crippen molar-refractivity contribution in [2.45, 2.75) is 77.4 Å². The first-order valence-corrected chi connectivity index (χ1v) is 9.00. The zero-order valence-electron chi connectivity index (χ0n) is 14.9. The molecule has 128 valence electrons. The maximum absolute atomic E-state index is 12.5. The zero-order valence-corrected chi connectivity index (χ0v) is 14.9. The standard InChI is InChI=1S/C18H30N4O/c1-13(17(23)21-10-5-6-11-21)20-15-8-7-9-16-14(15)12-19-22(16)18(2,3)4/h12-13,15,20H,5-11H2,1-4H3/t13-,15+/m1/s1. The van der Waals surface area contributed by atoms with Crippen LogP contribution in [-0.4, -0.2) is 39.7 Å². The minimum absolute atomic E-state index is 0.00641. The third-order valence-electron chi connectivity index (χ3n) is 5.06. The number of carbonyl (C=O) groups excluding carboxylic acids is 1. The van der Waals surface area contributed by atoms with Crippen LogP contribution in [0.4, 0.5) is 0 Å². The second-order valence-electron chi connectivity index (χ2n) is 7.99. The van der Waals surface area contributed by atoms with Crippen molar-refractivity contribution in [3.8, 4) is 0 Å². The first kappa shape index (κ1) is 16.5. The van der Waals surface area contributed by atoms with Gasteiger partial charge in [0.1, 0.15) is 0 Å². The number of carbonyl (C=O) groups is 1. The van der Waals surface area contributed by atoms with E-state index in [1.165, 1.54) is 11.3 Å². The highest BCUT2D eigenvalue weighted by molar-refractivity contribution is 5.81. The van der Waals surface area contributed by atoms with Crippen LogP contribution in [0.15, 0.2) is 6.20 Å². The minimum atomic E-state index is -0.123. The lowest BCUT2D eigenvalue weighted by molar-refractivity contribution is -0.132. The van der Waals surface area contributed by atoms with Gasteiger partial charge in [0.05, 0.1) is 17.8 Å². The quantitative estimate of drug-likeness (QED) is 0.932. The summed E-state index contributed by atoms with van der Waals surface area (Å²) in [4.78, 5) is 14.5. The molecule has 1 saturated heterocycles. The summed E-state index contributed by atoms with van der Waals surface area (Å²) in [7, 11) is 0. The Morgan fingerprint density at radius 3 is 2.65 bits per heavy atom. The van der Waals surface area contributed by atoms with Crippen molar-refractivity contribution < 1.29 is 4.79 Å². The molecule has 0 bridgehead atoms. The fourth-order valence-electron chi connectivity index (χ4n) is 3.89. The Morgan fingerprint density at radius 1 is 1.30 bits per heavy atom. The fourth-order valence-corrected chi connectivity index (χ4v) is 3.89. The van der Waals surface area contributed by atoms with E-state index < -0.39 is 0 Å². The molecule has 1 N–H and O–H groups in total. The molecule has 2 heterocycles. The molecule has 1 aliphatic heterocycles. The molecular formula is C18H30N4O. The number of aromatic nitrogens is 2. The van der Waals surface area contributed by atoms with E-state index in [2.05, 4.69) is 35.9 Å². The molecule has 2 atom stereocenters. The van der Waals surface area contributed by atoms with Gasteiger partial charge in [0, 0.05) is 30.4 Å². The van der Waals surface area contributed by atoms with Crippen LogP contribution in [0.25, 0.3) is 0 Å². The summed E-state index contributed by atoms with van der Waals surface area (Å²) in [5.74, 6) is 0.248. The lowest BCUT2D eigenvalue weighted by Gasteiger charge is -2.30. The SMILES string of the molecule is C[C@@H](N[C@H]1CCCc2c1cnn2C(C)(C)C)C(=O)N1CCCC1. The van der Waals surface area contributed by atoms with Crippen molar-refractivity contribution in [1.29, 1.82) is 0 Å². The van der Waals surface area contributed by atoms with Crippen molar-refractivity contribution in [3.05, 3.63) is 17.5 Å². The zero-order chi connectivity index (χ0) is 16.6. The second-order valence-corrected chi connectivity index (χ2v) is 7.99. The summed E-state index contributed by atoms with van der Waals surface area (Å²) in [6.07, 6.45) is 7.61. The first-order chi connectivity index (χ1) is 10.9. The molecular weight excluding hydrogens is 288 g/mol. The van der Waals surface area contributed by atoms with Crippen LogP contribution < -0.4 is 5.32 Å². The van der Waals surface area contributed by atoms with Gasteiger partial charge >= 0.3 is 0 Å². The fraction of sp³-hybridized carbons (Fsp3) is 0.778. The van der Waals surface area contributed by atoms with Gasteiger partial charge in [-0.1, -0.05) is 0 Å². The highest BCUT2D eigenvalue weighted by Gasteiger charge is 2.31. The number of nitrogens with one attached hydrogen (secondary N) is 1. The van der Waals surface area contributed by atoms with Crippen LogP contribution in [0.2, 0.25) is 0 Å². The van der Waals surface area contributed by atoms with E-state index in [9.17, 15) is 4.79 Å². The third-order valence-corrected chi connectivity index (χ3v) is 5.06. The number of nitrogens with zero attached hydrogens (tertiary/aromatic N) is 3. The molecule has 0 saturated carbocycles. The number of fused-ring (bicyclic) bond motifs is 1. The Morgan fingerprint density at radius 2 is 2.00 bits per heavy atom. The lowest BCUT2D eigenvalue weighted by atomic mass is 9.91. The van der Waals surface area contributed by atoms with Crippen LogP contribution >= 0.6 is 0 Å². The molecule has 3 rings (SSSR count). The molecule has 1 amide bonds. The van der Waals surface area contributed by atoms with Crippen molar-refractivity contribution in [1.82, 2.24) is 20.0 Å². The van der Waals surface area contributed by atoms with Crippen LogP contribution in [0.1, 0.15) is 70.7 Å². The summed E-state index contributed by atoms with van der Waals surface area (Å²) in [6, 6.07) is 0.124. The second kappa shape index (κ2) is 6.27. The van der Waals surface area contributed by atoms with E-state index in [0.717, 1.165) is 45.2 Å². The highest BCUT2D eigenvalue weighted by atomic mass is 16.2. The van der Waals surface area contributed by atoms with Gasteiger partial charge in [-0.15, -0.1) is 0 Å². The number of rotatable bonds is 3. The molecule has 5 nitrogen and oxygen atoms in total. The Hall–Kier alpha value is -1.36. The summed E-state index contributed by atoms with van der Waals surface area (Å²) < 4.78 is 2.16. The van der Waals surface area contributed by atoms with E-state index in [1.54, 1.807) is 0 Å². The normalized spacial score (nSPS) is 23.0. The van der Waals surface area contributed by atoms with Crippen molar-refractivity contribution in [2.75, 3.05) is 13.1 Å². The van der Waals surface area contributed by atoms with E-state index in [-0.39, 0.29) is 23.5 Å². The molecule has 1 aromatic rings. The molecule has 2 aliphatic rings. The maximum atomic E-state index is 12.5. The van der Waals surface area contributed by atoms with Crippen LogP contribution in [0.5, 0.6) is 0 Å². The summed E-state index contributed by atoms with van der Waals surface area (Å²) in [6.45, 7) is 10.4. The molecule has 1 aromatic heterocycles. The van der Waals surface area contributed by atoms with Crippen LogP contribution in [0, 0.1) is 0 Å². The van der Waals surface area contributed by atoms with Crippen molar-refractivity contribution >= 4 is 5.91 Å². The number of hydrogen-bond donors (Lipinski definition) is 1. The topological polar surface area (TPSA) is 50.2 Å². The van der Waals surface area contributed by atoms with Gasteiger partial charge < -0.3 is 4.90 Å². The van der Waals surface area contributed by atoms with E-state index in [4.69, 9.17) is 0 Å². The number of amides is 1. The molecule has 0 aromatic carbocycles. The maximum Gasteiger partial charge on any atom is 0.239 e. The molecule has 0 spiro atoms. The largest absolute Gasteiger partial charge is 0.341 e. The van der Waals surface area contributed by atoms with E-state index in [1.807, 2.05) is 18.0 Å². The average Bonchev–Trinajstić information content (AvgIpc) is 3.15. The van der Waals surface area contributed by atoms with Gasteiger partial charge in [0.15, 0.2) is 0 Å². The predicted molar refractivity (Wildman–Crippen MR) is 91.3 cm³/mol. The number of likely N-dealkylation sites (tertiary alicyclic amines) is 1. The predicted octanol–water partition coefficient (Wildman–Crippen LogP) is 2.62. The van der Waals surface area contributed by atoms with Gasteiger partial charge in [-0.05, 0) is 59.8 Å². The van der Waals surface area contributed by atoms with Gasteiger partial charge in [-0.3, -0.25) is 14.8 Å². The van der Waals surface area contributed by atoms with E-state index >= 15 is 0 Å². The van der Waals surface area contributed by atoms with Crippen LogP contribution in [0.3, 0.4) is 0 Å². The Bertz CT molecular complexity index is 566. The summed E-state index contributed by atoms with van der Waals surface area (Å²) in [5.41, 5.74) is 2.63. The highest BCUT2D eigenvalue weighted by Crippen LogP contribution is 2.32. The summed E-state index contributed by atoms with van der Waals surface area (Å²) in [5, 5.41) is 8.20. The molecule has 5 heteroatoms. The Kier molecular flexibility index (Phi) is 4.50. The van der Waals surface area contributed by atoms with Gasteiger partial charge in [-0.25, -0.2) is 0 Å². The number of hydrogen-bond acceptors (Lipinski definition) is 3. The molecule has 23 heavy (non-hydrogen) atoms. The monoisotopic (exact) mass is 318 g/mol. The minimum Gasteiger partial charge on any atom is -0.341 e. The van der Waals surface area contributed by atoms with Gasteiger partial charge in [0.25, 0.3) is 0 Å². The summed E-state index contributed by atoms with van der Waals surface area (Å²) >= 11 is 0. The molecule has 1 aliphatic carbocycles. The third kappa shape index (κ3) is 3.30. The van der Waals surface area contributed by atoms with Crippen molar-refractivity contribution in [2.24, 2.45) is 0 Å². The Labute approximate surface area is 139 Å². The Balaban J connectivity index is 1.73. The average molecular weight is 318 g/mol. The van der Waals surface area contributed by atoms with Crippen molar-refractivity contribution in [3.63, 3.8) is 0 Å². The molecule has 0 radical (unpaired) electrons. The lowest BCUT2D eigenvalue weighted by Crippen LogP contribution is -2.45. The molecule has 1 fully saturated rings. The molecule has 0 unspecified atom stereocenters. The smallest absolute Gasteiger partial charge is 0.239 e. The first-order valence-electron chi connectivity index (χ1n) is 9.00.